The molecule has 3 aromatic rings. The highest BCUT2D eigenvalue weighted by atomic mass is 16.5. The fourth-order valence-electron chi connectivity index (χ4n) is 4.66. The summed E-state index contributed by atoms with van der Waals surface area (Å²) in [5, 5.41) is 9.29. The Morgan fingerprint density at radius 2 is 1.11 bits per heavy atom. The van der Waals surface area contributed by atoms with E-state index in [4.69, 9.17) is 9.47 Å². The largest absolute Gasteiger partial charge is 0.492 e. The molecule has 4 rings (SSSR count). The number of ether oxygens (including phenoxy) is 2. The molecule has 0 saturated heterocycles. The number of rotatable bonds is 9. The van der Waals surface area contributed by atoms with Gasteiger partial charge in [0.1, 0.15) is 11.5 Å². The van der Waals surface area contributed by atoms with E-state index in [0.29, 0.717) is 58.6 Å². The molecule has 0 spiro atoms. The lowest BCUT2D eigenvalue weighted by atomic mass is 9.79. The Morgan fingerprint density at radius 3 is 1.55 bits per heavy atom. The predicted molar refractivity (Wildman–Crippen MR) is 150 cm³/mol. The first-order chi connectivity index (χ1) is 18.4. The molecule has 38 heavy (non-hydrogen) atoms. The number of benzene rings is 3. The van der Waals surface area contributed by atoms with E-state index in [2.05, 4.69) is 16.0 Å². The molecular formula is C31H33N3O4. The molecule has 1 aliphatic heterocycles. The summed E-state index contributed by atoms with van der Waals surface area (Å²) in [5.74, 6) is -0.0688. The molecule has 0 unspecified atom stereocenters. The summed E-state index contributed by atoms with van der Waals surface area (Å²) in [7, 11) is 0. The van der Waals surface area contributed by atoms with E-state index in [0.717, 1.165) is 5.56 Å². The third kappa shape index (κ3) is 5.72. The van der Waals surface area contributed by atoms with Crippen LogP contribution in [0.1, 0.15) is 39.2 Å². The van der Waals surface area contributed by atoms with Gasteiger partial charge in [0.15, 0.2) is 0 Å². The predicted octanol–water partition coefficient (Wildman–Crippen LogP) is 6.00. The number of carbonyl (C=O) groups excluding carboxylic acids is 2. The van der Waals surface area contributed by atoms with Crippen LogP contribution in [0.15, 0.2) is 101 Å². The molecule has 0 bridgehead atoms. The van der Waals surface area contributed by atoms with Crippen molar-refractivity contribution in [2.75, 3.05) is 23.8 Å². The van der Waals surface area contributed by atoms with Gasteiger partial charge < -0.3 is 25.4 Å². The Kier molecular flexibility index (Phi) is 8.48. The monoisotopic (exact) mass is 511 g/mol. The molecule has 0 radical (unpaired) electrons. The number of hydrogen-bond donors (Lipinski definition) is 3. The molecule has 3 aromatic carbocycles. The normalized spacial score (nSPS) is 13.6. The van der Waals surface area contributed by atoms with Crippen LogP contribution in [0.3, 0.4) is 0 Å². The number of allylic oxidation sites excluding steroid dienone is 2. The first-order valence-corrected chi connectivity index (χ1v) is 12.7. The summed E-state index contributed by atoms with van der Waals surface area (Å²) in [4.78, 5) is 27.7. The topological polar surface area (TPSA) is 88.7 Å². The van der Waals surface area contributed by atoms with Gasteiger partial charge in [-0.1, -0.05) is 54.6 Å². The number of nitrogens with one attached hydrogen (secondary N) is 3. The summed E-state index contributed by atoms with van der Waals surface area (Å²) in [6.07, 6.45) is 0. The van der Waals surface area contributed by atoms with Crippen molar-refractivity contribution in [3.05, 3.63) is 107 Å². The van der Waals surface area contributed by atoms with E-state index >= 15 is 0 Å². The fourth-order valence-corrected chi connectivity index (χ4v) is 4.66. The maximum Gasteiger partial charge on any atom is 0.254 e. The molecule has 1 aliphatic rings. The number of para-hydroxylation sites is 4. The Balaban J connectivity index is 1.74. The van der Waals surface area contributed by atoms with Crippen molar-refractivity contribution >= 4 is 23.2 Å². The van der Waals surface area contributed by atoms with Crippen molar-refractivity contribution in [1.82, 2.24) is 5.32 Å². The van der Waals surface area contributed by atoms with E-state index in [-0.39, 0.29) is 11.8 Å². The van der Waals surface area contributed by atoms with Gasteiger partial charge in [-0.05, 0) is 57.5 Å². The molecule has 0 aliphatic carbocycles. The third-order valence-electron chi connectivity index (χ3n) is 6.25. The Labute approximate surface area is 223 Å². The van der Waals surface area contributed by atoms with Gasteiger partial charge in [0.25, 0.3) is 11.8 Å². The highest BCUT2D eigenvalue weighted by Crippen LogP contribution is 2.40. The second kappa shape index (κ2) is 12.1. The van der Waals surface area contributed by atoms with Gasteiger partial charge in [0.2, 0.25) is 0 Å². The van der Waals surface area contributed by atoms with Crippen molar-refractivity contribution in [2.45, 2.75) is 33.6 Å². The maximum atomic E-state index is 13.9. The molecule has 7 nitrogen and oxygen atoms in total. The van der Waals surface area contributed by atoms with Crippen molar-refractivity contribution in [3.8, 4) is 11.5 Å². The van der Waals surface area contributed by atoms with Crippen LogP contribution >= 0.6 is 0 Å². The number of hydrogen-bond acceptors (Lipinski definition) is 5. The molecule has 2 amide bonds. The lowest BCUT2D eigenvalue weighted by molar-refractivity contribution is -0.113. The maximum absolute atomic E-state index is 13.9. The molecule has 3 N–H and O–H groups in total. The summed E-state index contributed by atoms with van der Waals surface area (Å²) in [6.45, 7) is 8.42. The van der Waals surface area contributed by atoms with E-state index in [9.17, 15) is 9.59 Å². The average molecular weight is 512 g/mol. The van der Waals surface area contributed by atoms with Crippen molar-refractivity contribution in [2.24, 2.45) is 0 Å². The van der Waals surface area contributed by atoms with Gasteiger partial charge >= 0.3 is 0 Å². The smallest absolute Gasteiger partial charge is 0.254 e. The highest BCUT2D eigenvalue weighted by Gasteiger charge is 2.36. The summed E-state index contributed by atoms with van der Waals surface area (Å²) < 4.78 is 11.4. The second-order valence-electron chi connectivity index (χ2n) is 8.81. The van der Waals surface area contributed by atoms with Crippen molar-refractivity contribution in [1.29, 1.82) is 0 Å². The number of anilines is 2. The van der Waals surface area contributed by atoms with Crippen LogP contribution in [-0.4, -0.2) is 25.0 Å². The molecule has 1 heterocycles. The third-order valence-corrected chi connectivity index (χ3v) is 6.25. The van der Waals surface area contributed by atoms with Crippen LogP contribution in [0.5, 0.6) is 11.5 Å². The summed E-state index contributed by atoms with van der Waals surface area (Å²) in [5.41, 5.74) is 4.22. The van der Waals surface area contributed by atoms with Gasteiger partial charge in [0.05, 0.1) is 24.6 Å². The average Bonchev–Trinajstić information content (AvgIpc) is 2.91. The minimum Gasteiger partial charge on any atom is -0.492 e. The van der Waals surface area contributed by atoms with Crippen LogP contribution in [0.25, 0.3) is 0 Å². The van der Waals surface area contributed by atoms with E-state index < -0.39 is 5.92 Å². The lowest BCUT2D eigenvalue weighted by Gasteiger charge is -2.31. The lowest BCUT2D eigenvalue weighted by Crippen LogP contribution is -2.35. The van der Waals surface area contributed by atoms with Crippen molar-refractivity contribution < 1.29 is 19.1 Å². The molecule has 196 valence electrons. The number of dihydropyridines is 1. The Hall–Kier alpha value is -4.52. The summed E-state index contributed by atoms with van der Waals surface area (Å²) in [6, 6.07) is 24.2. The van der Waals surface area contributed by atoms with Crippen LogP contribution in [0.4, 0.5) is 11.4 Å². The van der Waals surface area contributed by atoms with Gasteiger partial charge in [-0.15, -0.1) is 0 Å². The first-order valence-electron chi connectivity index (χ1n) is 12.7. The van der Waals surface area contributed by atoms with E-state index in [1.165, 1.54) is 0 Å². The Morgan fingerprint density at radius 1 is 0.684 bits per heavy atom. The molecule has 0 fully saturated rings. The van der Waals surface area contributed by atoms with E-state index in [1.54, 1.807) is 12.1 Å². The Bertz CT molecular complexity index is 1290. The minimum atomic E-state index is -0.601. The van der Waals surface area contributed by atoms with Gasteiger partial charge in [-0.2, -0.15) is 0 Å². The first kappa shape index (κ1) is 26.5. The summed E-state index contributed by atoms with van der Waals surface area (Å²) >= 11 is 0. The quantitative estimate of drug-likeness (QED) is 0.328. The van der Waals surface area contributed by atoms with Crippen LogP contribution in [-0.2, 0) is 9.59 Å². The molecule has 0 saturated carbocycles. The van der Waals surface area contributed by atoms with Gasteiger partial charge in [-0.3, -0.25) is 9.59 Å². The zero-order valence-electron chi connectivity index (χ0n) is 22.1. The van der Waals surface area contributed by atoms with Crippen LogP contribution < -0.4 is 25.4 Å². The van der Waals surface area contributed by atoms with Gasteiger partial charge in [0, 0.05) is 28.5 Å². The zero-order chi connectivity index (χ0) is 27.1. The SMILES string of the molecule is CCOc1ccccc1NC(=O)C1=C(C)NC(C)=C(C(=O)Nc2ccccc2OCC)C1c1ccccc1. The molecule has 0 aromatic heterocycles. The van der Waals surface area contributed by atoms with Crippen LogP contribution in [0.2, 0.25) is 0 Å². The minimum absolute atomic E-state index is 0.316. The van der Waals surface area contributed by atoms with Crippen molar-refractivity contribution in [3.63, 3.8) is 0 Å². The fraction of sp³-hybridized carbons (Fsp3) is 0.226. The van der Waals surface area contributed by atoms with E-state index in [1.807, 2.05) is 94.4 Å². The molecule has 0 atom stereocenters. The second-order valence-corrected chi connectivity index (χ2v) is 8.81. The number of carbonyl (C=O) groups is 2. The zero-order valence-corrected chi connectivity index (χ0v) is 22.1. The standard InChI is InChI=1S/C31H33N3O4/c1-5-37-25-18-12-10-16-23(25)33-30(35)27-20(3)32-21(4)28(29(27)22-14-8-7-9-15-22)31(36)34-24-17-11-13-19-26(24)38-6-2/h7-19,29,32H,5-6H2,1-4H3,(H,33,35)(H,34,36). The van der Waals surface area contributed by atoms with Gasteiger partial charge in [-0.25, -0.2) is 0 Å². The number of amides is 2. The molecule has 7 heteroatoms. The highest BCUT2D eigenvalue weighted by molar-refractivity contribution is 6.12. The molecular weight excluding hydrogens is 478 g/mol. The van der Waals surface area contributed by atoms with Crippen LogP contribution in [0, 0.1) is 0 Å².